The van der Waals surface area contributed by atoms with Gasteiger partial charge in [0.25, 0.3) is 0 Å². The molecule has 0 radical (unpaired) electrons. The maximum Gasteiger partial charge on any atom is 0.239 e. The largest absolute Gasteiger partial charge is 0.384 e. The van der Waals surface area contributed by atoms with Crippen LogP contribution in [0.25, 0.3) is 0 Å². The molecule has 1 rings (SSSR count). The number of benzene rings is 1. The van der Waals surface area contributed by atoms with E-state index in [0.29, 0.717) is 5.69 Å². The van der Waals surface area contributed by atoms with Crippen molar-refractivity contribution in [3.8, 4) is 0 Å². The van der Waals surface area contributed by atoms with E-state index in [1.54, 1.807) is 24.3 Å². The van der Waals surface area contributed by atoms with E-state index in [9.17, 15) is 13.2 Å². The Labute approximate surface area is 112 Å². The number of carbonyl (C=O) groups excluding carboxylic acids is 1. The summed E-state index contributed by atoms with van der Waals surface area (Å²) >= 11 is 0. The van der Waals surface area contributed by atoms with Gasteiger partial charge in [-0.3, -0.25) is 4.79 Å². The summed E-state index contributed by atoms with van der Waals surface area (Å²) in [7, 11) is -2.04. The fourth-order valence-electron chi connectivity index (χ4n) is 1.49. The summed E-state index contributed by atoms with van der Waals surface area (Å²) in [5.41, 5.74) is 6.83. The van der Waals surface area contributed by atoms with Crippen LogP contribution in [-0.2, 0) is 25.9 Å². The Kier molecular flexibility index (Phi) is 5.94. The number of para-hydroxylation sites is 1. The molecular formula is C12H18N2O4S. The number of rotatable bonds is 7. The van der Waals surface area contributed by atoms with E-state index in [1.807, 2.05) is 0 Å². The summed E-state index contributed by atoms with van der Waals surface area (Å²) in [6, 6.07) is 7.00. The summed E-state index contributed by atoms with van der Waals surface area (Å²) in [4.78, 5) is 11.7. The van der Waals surface area contributed by atoms with Gasteiger partial charge in [-0.1, -0.05) is 18.2 Å². The Hall–Kier alpha value is -1.44. The molecule has 0 saturated heterocycles. The molecule has 0 aromatic heterocycles. The Morgan fingerprint density at radius 3 is 2.68 bits per heavy atom. The van der Waals surface area contributed by atoms with Crippen LogP contribution in [0.5, 0.6) is 0 Å². The minimum atomic E-state index is -3.45. The topological polar surface area (TPSA) is 98.5 Å². The van der Waals surface area contributed by atoms with Gasteiger partial charge in [0.15, 0.2) is 9.84 Å². The zero-order valence-corrected chi connectivity index (χ0v) is 11.6. The number of nitrogens with two attached hydrogens (primary N) is 1. The van der Waals surface area contributed by atoms with E-state index in [-0.39, 0.29) is 18.9 Å². The second-order valence-electron chi connectivity index (χ2n) is 3.99. The predicted molar refractivity (Wildman–Crippen MR) is 73.5 cm³/mol. The molecule has 0 fully saturated rings. The predicted octanol–water partition coefficient (Wildman–Crippen LogP) is 0.145. The molecule has 0 bridgehead atoms. The number of ether oxygens (including phenoxy) is 1. The third-order valence-electron chi connectivity index (χ3n) is 2.46. The first-order valence-electron chi connectivity index (χ1n) is 5.75. The van der Waals surface area contributed by atoms with Crippen LogP contribution in [0, 0.1) is 0 Å². The van der Waals surface area contributed by atoms with Gasteiger partial charge in [0.05, 0.1) is 12.4 Å². The number of carbonyl (C=O) groups is 1. The highest BCUT2D eigenvalue weighted by atomic mass is 32.2. The monoisotopic (exact) mass is 286 g/mol. The Morgan fingerprint density at radius 2 is 2.05 bits per heavy atom. The summed E-state index contributed by atoms with van der Waals surface area (Å²) in [6.45, 7) is 0.349. The van der Waals surface area contributed by atoms with E-state index in [4.69, 9.17) is 5.73 Å². The van der Waals surface area contributed by atoms with E-state index in [2.05, 4.69) is 10.1 Å². The van der Waals surface area contributed by atoms with Gasteiger partial charge in [-0.05, 0) is 11.6 Å². The van der Waals surface area contributed by atoms with Crippen molar-refractivity contribution in [3.63, 3.8) is 0 Å². The van der Waals surface area contributed by atoms with Crippen LogP contribution < -0.4 is 11.1 Å². The van der Waals surface area contributed by atoms with Gasteiger partial charge in [-0.25, -0.2) is 8.42 Å². The molecule has 0 saturated carbocycles. The third kappa shape index (κ3) is 5.37. The molecule has 6 nitrogen and oxygen atoms in total. The van der Waals surface area contributed by atoms with E-state index >= 15 is 0 Å². The lowest BCUT2D eigenvalue weighted by atomic mass is 10.2. The molecule has 1 aromatic rings. The summed E-state index contributed by atoms with van der Waals surface area (Å²) in [5, 5.41) is 2.56. The van der Waals surface area contributed by atoms with Crippen LogP contribution >= 0.6 is 0 Å². The quantitative estimate of drug-likeness (QED) is 0.743. The number of nitrogens with one attached hydrogen (secondary N) is 1. The third-order valence-corrected chi connectivity index (χ3v) is 3.95. The van der Waals surface area contributed by atoms with Gasteiger partial charge in [-0.2, -0.15) is 0 Å². The van der Waals surface area contributed by atoms with Crippen molar-refractivity contribution >= 4 is 21.4 Å². The fraction of sp³-hybridized carbons (Fsp3) is 0.417. The van der Waals surface area contributed by atoms with Crippen molar-refractivity contribution in [2.24, 2.45) is 5.73 Å². The van der Waals surface area contributed by atoms with Crippen molar-refractivity contribution in [2.75, 3.05) is 30.5 Å². The van der Waals surface area contributed by atoms with Crippen molar-refractivity contribution in [3.05, 3.63) is 29.8 Å². The van der Waals surface area contributed by atoms with E-state index < -0.39 is 21.5 Å². The first kappa shape index (κ1) is 15.6. The zero-order chi connectivity index (χ0) is 14.3. The van der Waals surface area contributed by atoms with Crippen LogP contribution in [0.4, 0.5) is 5.69 Å². The maximum absolute atomic E-state index is 11.7. The second kappa shape index (κ2) is 7.22. The second-order valence-corrected chi connectivity index (χ2v) is 6.18. The number of hydrogen-bond acceptors (Lipinski definition) is 5. The van der Waals surface area contributed by atoms with Gasteiger partial charge < -0.3 is 15.8 Å². The van der Waals surface area contributed by atoms with Crippen LogP contribution in [0.15, 0.2) is 24.3 Å². The fourth-order valence-corrected chi connectivity index (χ4v) is 2.53. The molecule has 0 spiro atoms. The number of anilines is 1. The van der Waals surface area contributed by atoms with Crippen molar-refractivity contribution in [1.29, 1.82) is 0 Å². The Balaban J connectivity index is 2.65. The smallest absolute Gasteiger partial charge is 0.239 e. The zero-order valence-electron chi connectivity index (χ0n) is 10.8. The molecular weight excluding hydrogens is 268 g/mol. The first-order valence-corrected chi connectivity index (χ1v) is 7.58. The molecule has 0 aliphatic heterocycles. The van der Waals surface area contributed by atoms with Crippen LogP contribution in [0.1, 0.15) is 5.56 Å². The highest BCUT2D eigenvalue weighted by Gasteiger charge is 2.17. The lowest BCUT2D eigenvalue weighted by molar-refractivity contribution is -0.113. The van der Waals surface area contributed by atoms with Crippen LogP contribution in [-0.4, -0.2) is 39.5 Å². The standard InChI is InChI=1S/C12H18N2O4S/c1-18-6-7-19(16,17)9-12(15)14-11-5-3-2-4-10(11)8-13/h2-5H,6-9,13H2,1H3,(H,14,15). The molecule has 19 heavy (non-hydrogen) atoms. The molecule has 0 unspecified atom stereocenters. The molecule has 7 heteroatoms. The molecule has 1 amide bonds. The summed E-state index contributed by atoms with van der Waals surface area (Å²) in [5.74, 6) is -1.30. The van der Waals surface area contributed by atoms with Crippen molar-refractivity contribution in [2.45, 2.75) is 6.54 Å². The average molecular weight is 286 g/mol. The van der Waals surface area contributed by atoms with Crippen molar-refractivity contribution in [1.82, 2.24) is 0 Å². The average Bonchev–Trinajstić information content (AvgIpc) is 2.36. The van der Waals surface area contributed by atoms with Gasteiger partial charge in [0, 0.05) is 19.3 Å². The lowest BCUT2D eigenvalue weighted by Gasteiger charge is -2.09. The minimum absolute atomic E-state index is 0.0784. The highest BCUT2D eigenvalue weighted by molar-refractivity contribution is 7.92. The lowest BCUT2D eigenvalue weighted by Crippen LogP contribution is -2.26. The van der Waals surface area contributed by atoms with Crippen molar-refractivity contribution < 1.29 is 17.9 Å². The van der Waals surface area contributed by atoms with Crippen LogP contribution in [0.2, 0.25) is 0 Å². The molecule has 0 aliphatic carbocycles. The summed E-state index contributed by atoms with van der Waals surface area (Å²) < 4.78 is 27.8. The maximum atomic E-state index is 11.7. The summed E-state index contributed by atoms with van der Waals surface area (Å²) in [6.07, 6.45) is 0. The number of methoxy groups -OCH3 is 1. The highest BCUT2D eigenvalue weighted by Crippen LogP contribution is 2.14. The minimum Gasteiger partial charge on any atom is -0.384 e. The molecule has 106 valence electrons. The van der Waals surface area contributed by atoms with Gasteiger partial charge in [-0.15, -0.1) is 0 Å². The Bertz CT molecular complexity index is 528. The number of sulfone groups is 1. The van der Waals surface area contributed by atoms with Crippen LogP contribution in [0.3, 0.4) is 0 Å². The molecule has 1 aromatic carbocycles. The normalized spacial score (nSPS) is 11.3. The van der Waals surface area contributed by atoms with E-state index in [1.165, 1.54) is 7.11 Å². The van der Waals surface area contributed by atoms with E-state index in [0.717, 1.165) is 5.56 Å². The Morgan fingerprint density at radius 1 is 1.37 bits per heavy atom. The SMILES string of the molecule is COCCS(=O)(=O)CC(=O)Nc1ccccc1CN. The number of amides is 1. The number of hydrogen-bond donors (Lipinski definition) is 2. The van der Waals surface area contributed by atoms with Gasteiger partial charge in [0.2, 0.25) is 5.91 Å². The van der Waals surface area contributed by atoms with Gasteiger partial charge in [0.1, 0.15) is 5.75 Å². The first-order chi connectivity index (χ1) is 8.98. The molecule has 0 atom stereocenters. The molecule has 3 N–H and O–H groups in total. The van der Waals surface area contributed by atoms with Gasteiger partial charge >= 0.3 is 0 Å². The molecule has 0 heterocycles. The molecule has 0 aliphatic rings.